The van der Waals surface area contributed by atoms with Gasteiger partial charge in [-0.3, -0.25) is 0 Å². The third kappa shape index (κ3) is 5.76. The van der Waals surface area contributed by atoms with Crippen LogP contribution in [0.2, 0.25) is 0 Å². The molecule has 6 rings (SSSR count). The van der Waals surface area contributed by atoms with E-state index in [2.05, 4.69) is 30.3 Å². The maximum Gasteiger partial charge on any atom is 0.165 e. The van der Waals surface area contributed by atoms with E-state index < -0.39 is 0 Å². The van der Waals surface area contributed by atoms with Crippen molar-refractivity contribution in [2.24, 2.45) is 0 Å². The van der Waals surface area contributed by atoms with Crippen molar-refractivity contribution in [1.82, 2.24) is 34.1 Å². The molecule has 2 aromatic carbocycles. The van der Waals surface area contributed by atoms with Crippen LogP contribution in [0.15, 0.2) is 85.7 Å². The summed E-state index contributed by atoms with van der Waals surface area (Å²) in [4.78, 5) is 9.44. The first-order valence-corrected chi connectivity index (χ1v) is 14.3. The van der Waals surface area contributed by atoms with Crippen LogP contribution in [0.4, 0.5) is 5.69 Å². The van der Waals surface area contributed by atoms with E-state index in [-0.39, 0.29) is 12.0 Å². The summed E-state index contributed by atoms with van der Waals surface area (Å²) >= 11 is 0. The monoisotopic (exact) mass is 571 g/mol. The Balaban J connectivity index is 1.31. The first-order chi connectivity index (χ1) is 20.9. The van der Waals surface area contributed by atoms with Crippen LogP contribution in [0.1, 0.15) is 50.4 Å². The fourth-order valence-corrected chi connectivity index (χ4v) is 5.04. The molecule has 43 heavy (non-hydrogen) atoms. The smallest absolute Gasteiger partial charge is 0.165 e. The maximum absolute atomic E-state index is 9.63. The van der Waals surface area contributed by atoms with E-state index >= 15 is 0 Å². The third-order valence-corrected chi connectivity index (χ3v) is 7.06. The Morgan fingerprint density at radius 2 is 1.84 bits per heavy atom. The number of nitrogens with zero attached hydrogens (tertiary/aromatic N) is 8. The molecule has 0 fully saturated rings. The summed E-state index contributed by atoms with van der Waals surface area (Å²) < 4.78 is 11.5. The van der Waals surface area contributed by atoms with Gasteiger partial charge in [0, 0.05) is 30.2 Å². The number of aromatic nitrogens is 7. The van der Waals surface area contributed by atoms with E-state index in [4.69, 9.17) is 19.8 Å². The highest BCUT2D eigenvalue weighted by Crippen LogP contribution is 2.32. The lowest BCUT2D eigenvalue weighted by atomic mass is 10.1. The van der Waals surface area contributed by atoms with Gasteiger partial charge in [0.15, 0.2) is 5.65 Å². The van der Waals surface area contributed by atoms with Crippen LogP contribution in [-0.2, 0) is 18.1 Å². The lowest BCUT2D eigenvalue weighted by molar-refractivity contribution is 0.0561. The normalized spacial score (nSPS) is 11.5. The zero-order valence-electron chi connectivity index (χ0n) is 24.6. The molecule has 1 N–H and O–H groups in total. The predicted molar refractivity (Wildman–Crippen MR) is 166 cm³/mol. The van der Waals surface area contributed by atoms with Gasteiger partial charge in [-0.25, -0.2) is 19.3 Å². The summed E-state index contributed by atoms with van der Waals surface area (Å²) in [5.41, 5.74) is 7.61. The number of nitrogens with one attached hydrogen (secondary N) is 1. The molecule has 0 bridgehead atoms. The second-order valence-corrected chi connectivity index (χ2v) is 11.0. The van der Waals surface area contributed by atoms with Crippen LogP contribution in [0, 0.1) is 11.3 Å². The van der Waals surface area contributed by atoms with Gasteiger partial charge in [0.05, 0.1) is 58.5 Å². The van der Waals surface area contributed by atoms with Crippen LogP contribution >= 0.6 is 0 Å². The molecule has 0 saturated carbocycles. The molecule has 10 nitrogen and oxygen atoms in total. The van der Waals surface area contributed by atoms with Gasteiger partial charge >= 0.3 is 0 Å². The Hall–Kier alpha value is -5.27. The molecule has 0 amide bonds. The lowest BCUT2D eigenvalue weighted by Crippen LogP contribution is -2.11. The molecule has 216 valence electrons. The molecule has 0 aliphatic heterocycles. The minimum atomic E-state index is 0.149. The molecule has 0 aliphatic carbocycles. The quantitative estimate of drug-likeness (QED) is 0.201. The first kappa shape index (κ1) is 27.9. The molecule has 0 atom stereocenters. The summed E-state index contributed by atoms with van der Waals surface area (Å²) in [6.07, 6.45) is 9.33. The number of fused-ring (bicyclic) bond motifs is 1. The first-order valence-electron chi connectivity index (χ1n) is 14.3. The van der Waals surface area contributed by atoms with Gasteiger partial charge in [0.2, 0.25) is 0 Å². The zero-order valence-corrected chi connectivity index (χ0v) is 24.6. The topological polar surface area (TPSA) is 111 Å². The Bertz CT molecular complexity index is 1910. The summed E-state index contributed by atoms with van der Waals surface area (Å²) in [5.74, 6) is 0.149. The predicted octanol–water partition coefficient (Wildman–Crippen LogP) is 6.46. The van der Waals surface area contributed by atoms with Gasteiger partial charge in [0.25, 0.3) is 0 Å². The van der Waals surface area contributed by atoms with E-state index in [1.807, 2.05) is 90.1 Å². The highest BCUT2D eigenvalue weighted by atomic mass is 16.5. The Morgan fingerprint density at radius 1 is 1.00 bits per heavy atom. The number of pyridine rings is 1. The SMILES string of the molecule is CC(C)Nc1cc(-n2nc(C(C)C)c3c(-n4cnc(-c5cnn(COCc6ccccc6)c5)c4)ccnc32)ccc1C#N. The van der Waals surface area contributed by atoms with Gasteiger partial charge < -0.3 is 14.6 Å². The molecule has 4 heterocycles. The van der Waals surface area contributed by atoms with Crippen molar-refractivity contribution < 1.29 is 4.74 Å². The Kier molecular flexibility index (Phi) is 7.73. The van der Waals surface area contributed by atoms with Crippen molar-refractivity contribution in [3.63, 3.8) is 0 Å². The standard InChI is InChI=1S/C33H33N9O/c1-22(2)32-31-30(12-13-35-33(31)42(39-32)27-11-10-25(15-34)28(14-27)38-23(3)4)40-18-29(36-20-40)26-16-37-41(17-26)21-43-19-24-8-6-5-7-9-24/h5-14,16-18,20,22-23,38H,19,21H2,1-4H3. The van der Waals surface area contributed by atoms with Crippen molar-refractivity contribution in [1.29, 1.82) is 5.26 Å². The number of benzene rings is 2. The summed E-state index contributed by atoms with van der Waals surface area (Å²) in [5, 5.41) is 23.4. The number of hydrogen-bond acceptors (Lipinski definition) is 7. The minimum Gasteiger partial charge on any atom is -0.382 e. The molecule has 0 spiro atoms. The third-order valence-electron chi connectivity index (χ3n) is 7.06. The largest absolute Gasteiger partial charge is 0.382 e. The van der Waals surface area contributed by atoms with Gasteiger partial charge in [-0.1, -0.05) is 44.2 Å². The van der Waals surface area contributed by atoms with Crippen molar-refractivity contribution in [2.75, 3.05) is 5.32 Å². The van der Waals surface area contributed by atoms with E-state index in [0.717, 1.165) is 50.6 Å². The molecule has 0 radical (unpaired) electrons. The average molecular weight is 572 g/mol. The van der Waals surface area contributed by atoms with Crippen molar-refractivity contribution in [2.45, 2.75) is 53.0 Å². The molecule has 10 heteroatoms. The molecule has 0 aliphatic rings. The average Bonchev–Trinajstić information content (AvgIpc) is 3.76. The molecule has 6 aromatic rings. The van der Waals surface area contributed by atoms with E-state index in [1.165, 1.54) is 0 Å². The van der Waals surface area contributed by atoms with Crippen LogP contribution < -0.4 is 5.32 Å². The van der Waals surface area contributed by atoms with E-state index in [0.29, 0.717) is 18.9 Å². The van der Waals surface area contributed by atoms with Crippen LogP contribution in [-0.4, -0.2) is 40.1 Å². The number of rotatable bonds is 10. The van der Waals surface area contributed by atoms with E-state index in [9.17, 15) is 5.26 Å². The molecular formula is C33H33N9O. The summed E-state index contributed by atoms with van der Waals surface area (Å²) in [7, 11) is 0. The second kappa shape index (κ2) is 11.9. The Labute approximate surface area is 250 Å². The number of imidazole rings is 1. The van der Waals surface area contributed by atoms with Crippen LogP contribution in [0.25, 0.3) is 33.7 Å². The highest BCUT2D eigenvalue weighted by molar-refractivity contribution is 5.89. The number of nitriles is 1. The van der Waals surface area contributed by atoms with Crippen LogP contribution in [0.3, 0.4) is 0 Å². The number of ether oxygens (including phenoxy) is 1. The van der Waals surface area contributed by atoms with Gasteiger partial charge in [0.1, 0.15) is 12.8 Å². The second-order valence-electron chi connectivity index (χ2n) is 11.0. The molecular weight excluding hydrogens is 538 g/mol. The Morgan fingerprint density at radius 3 is 2.60 bits per heavy atom. The molecule has 4 aromatic heterocycles. The zero-order chi connectivity index (χ0) is 29.9. The summed E-state index contributed by atoms with van der Waals surface area (Å²) in [6.45, 7) is 9.22. The van der Waals surface area contributed by atoms with E-state index in [1.54, 1.807) is 23.4 Å². The van der Waals surface area contributed by atoms with Crippen molar-refractivity contribution in [3.8, 4) is 28.7 Å². The number of anilines is 1. The van der Waals surface area contributed by atoms with Gasteiger partial charge in [-0.05, 0) is 49.6 Å². The molecule has 0 saturated heterocycles. The summed E-state index contributed by atoms with van der Waals surface area (Å²) in [6, 6.07) is 20.2. The highest BCUT2D eigenvalue weighted by Gasteiger charge is 2.21. The maximum atomic E-state index is 9.63. The van der Waals surface area contributed by atoms with Gasteiger partial charge in [-0.15, -0.1) is 0 Å². The van der Waals surface area contributed by atoms with Crippen LogP contribution in [0.5, 0.6) is 0 Å². The minimum absolute atomic E-state index is 0.149. The fourth-order valence-electron chi connectivity index (χ4n) is 5.04. The van der Waals surface area contributed by atoms with Gasteiger partial charge in [-0.2, -0.15) is 15.5 Å². The fraction of sp³-hybridized carbons (Fsp3) is 0.242. The van der Waals surface area contributed by atoms with Crippen molar-refractivity contribution >= 4 is 16.7 Å². The van der Waals surface area contributed by atoms with Crippen molar-refractivity contribution in [3.05, 3.63) is 103 Å². The number of hydrogen-bond donors (Lipinski definition) is 1. The molecule has 0 unspecified atom stereocenters. The lowest BCUT2D eigenvalue weighted by Gasteiger charge is -2.13.